The molecule has 0 bridgehead atoms. The topological polar surface area (TPSA) is 54.5 Å². The Morgan fingerprint density at radius 1 is 0.795 bits per heavy atom. The van der Waals surface area contributed by atoms with E-state index in [9.17, 15) is 14.4 Å². The first kappa shape index (κ1) is 24.3. The lowest BCUT2D eigenvalue weighted by atomic mass is 9.64. The molecule has 1 aliphatic carbocycles. The zero-order valence-electron chi connectivity index (χ0n) is 20.6. The summed E-state index contributed by atoms with van der Waals surface area (Å²) < 4.78 is 0.870. The van der Waals surface area contributed by atoms with Gasteiger partial charge in [-0.15, -0.1) is 0 Å². The smallest absolute Gasteiger partial charge is 0.185 e. The third-order valence-electron chi connectivity index (χ3n) is 8.34. The zero-order valence-corrected chi connectivity index (χ0v) is 22.9. The molecule has 7 rings (SSSR count). The van der Waals surface area contributed by atoms with Crippen LogP contribution < -0.4 is 4.90 Å². The number of halogens is 2. The van der Waals surface area contributed by atoms with Crippen molar-refractivity contribution < 1.29 is 14.4 Å². The highest BCUT2D eigenvalue weighted by molar-refractivity contribution is 9.10. The summed E-state index contributed by atoms with van der Waals surface area (Å²) in [6.07, 6.45) is 3.90. The van der Waals surface area contributed by atoms with Crippen LogP contribution in [0.15, 0.2) is 108 Å². The van der Waals surface area contributed by atoms with Crippen molar-refractivity contribution in [1.82, 2.24) is 0 Å². The fraction of sp³-hybridized carbons (Fsp3) is 0.121. The predicted octanol–water partition coefficient (Wildman–Crippen LogP) is 7.42. The maximum atomic E-state index is 14.6. The molecule has 0 N–H and O–H groups in total. The molecule has 39 heavy (non-hydrogen) atoms. The summed E-state index contributed by atoms with van der Waals surface area (Å²) in [6.45, 7) is 0. The monoisotopic (exact) mass is 593 g/mol. The molecule has 190 valence electrons. The SMILES string of the molecule is O=C(c1ccc(Cl)cc1)[C@@H]1[C@H](c2ccc(Br)cc2)C2(C(=O)c3ccccc3C2=O)[C@@H]2C=Cc3ccccc3N12. The first-order chi connectivity index (χ1) is 18.9. The second-order valence-corrected chi connectivity index (χ2v) is 11.5. The van der Waals surface area contributed by atoms with E-state index < -0.39 is 23.4 Å². The van der Waals surface area contributed by atoms with Gasteiger partial charge in [-0.2, -0.15) is 0 Å². The van der Waals surface area contributed by atoms with E-state index in [4.69, 9.17) is 11.6 Å². The van der Waals surface area contributed by atoms with Crippen LogP contribution >= 0.6 is 27.5 Å². The molecule has 0 radical (unpaired) electrons. The minimum atomic E-state index is -1.51. The zero-order chi connectivity index (χ0) is 26.9. The van der Waals surface area contributed by atoms with E-state index >= 15 is 0 Å². The van der Waals surface area contributed by atoms with Gasteiger partial charge in [-0.1, -0.05) is 94.3 Å². The summed E-state index contributed by atoms with van der Waals surface area (Å²) in [5.74, 6) is -1.37. The number of ketones is 3. The Bertz CT molecular complexity index is 1670. The number of nitrogens with zero attached hydrogens (tertiary/aromatic N) is 1. The van der Waals surface area contributed by atoms with E-state index in [1.165, 1.54) is 0 Å². The van der Waals surface area contributed by atoms with Gasteiger partial charge in [0.2, 0.25) is 0 Å². The molecule has 3 atom stereocenters. The highest BCUT2D eigenvalue weighted by Gasteiger charge is 2.71. The number of Topliss-reactive ketones (excluding diaryl/α,β-unsaturated/α-hetero) is 3. The molecular weight excluding hydrogens is 574 g/mol. The molecule has 3 aliphatic rings. The Balaban J connectivity index is 1.54. The first-order valence-corrected chi connectivity index (χ1v) is 13.9. The van der Waals surface area contributed by atoms with Gasteiger partial charge in [0.25, 0.3) is 0 Å². The molecule has 2 heterocycles. The van der Waals surface area contributed by atoms with Crippen LogP contribution in [0.2, 0.25) is 5.02 Å². The number of anilines is 1. The number of carbonyl (C=O) groups is 3. The molecule has 0 saturated carbocycles. The Hall–Kier alpha value is -3.80. The highest BCUT2D eigenvalue weighted by atomic mass is 79.9. The van der Waals surface area contributed by atoms with Crippen LogP contribution in [0, 0.1) is 5.41 Å². The van der Waals surface area contributed by atoms with Crippen molar-refractivity contribution >= 4 is 56.6 Å². The third-order valence-corrected chi connectivity index (χ3v) is 9.12. The summed E-state index contributed by atoms with van der Waals surface area (Å²) in [4.78, 5) is 45.7. The Morgan fingerprint density at radius 3 is 2.08 bits per heavy atom. The fourth-order valence-electron chi connectivity index (χ4n) is 6.75. The Kier molecular flexibility index (Phi) is 5.51. The van der Waals surface area contributed by atoms with Crippen molar-refractivity contribution in [3.05, 3.63) is 140 Å². The first-order valence-electron chi connectivity index (χ1n) is 12.7. The lowest BCUT2D eigenvalue weighted by molar-refractivity contribution is 0.0666. The van der Waals surface area contributed by atoms with Gasteiger partial charge >= 0.3 is 0 Å². The number of fused-ring (bicyclic) bond motifs is 5. The van der Waals surface area contributed by atoms with Crippen LogP contribution in [0.3, 0.4) is 0 Å². The average molecular weight is 595 g/mol. The number of rotatable bonds is 3. The third kappa shape index (κ3) is 3.33. The molecule has 4 aromatic rings. The molecular formula is C33H21BrClNO3. The van der Waals surface area contributed by atoms with Gasteiger partial charge in [0.15, 0.2) is 17.3 Å². The van der Waals surface area contributed by atoms with Crippen molar-refractivity contribution in [3.63, 3.8) is 0 Å². The van der Waals surface area contributed by atoms with Gasteiger partial charge in [-0.05, 0) is 53.6 Å². The molecule has 0 unspecified atom stereocenters. The van der Waals surface area contributed by atoms with Crippen molar-refractivity contribution in [2.45, 2.75) is 18.0 Å². The number of hydrogen-bond acceptors (Lipinski definition) is 4. The predicted molar refractivity (Wildman–Crippen MR) is 156 cm³/mol. The second kappa shape index (κ2) is 8.87. The van der Waals surface area contributed by atoms with Crippen LogP contribution in [0.1, 0.15) is 48.1 Å². The lowest BCUT2D eigenvalue weighted by Gasteiger charge is -2.37. The van der Waals surface area contributed by atoms with Crippen molar-refractivity contribution in [2.24, 2.45) is 5.41 Å². The Morgan fingerprint density at radius 2 is 1.41 bits per heavy atom. The van der Waals surface area contributed by atoms with Gasteiger partial charge in [-0.3, -0.25) is 14.4 Å². The van der Waals surface area contributed by atoms with Crippen molar-refractivity contribution in [1.29, 1.82) is 0 Å². The summed E-state index contributed by atoms with van der Waals surface area (Å²) in [6, 6.07) is 27.8. The second-order valence-electron chi connectivity index (χ2n) is 10.2. The standard InChI is InChI=1S/C33H21BrClNO3/c34-22-14-9-20(10-15-22)28-29(30(37)21-11-16-23(35)17-12-21)36-26-8-4-1-5-19(26)13-18-27(36)33(28)31(38)24-6-2-3-7-25(24)32(33)39/h1-18,27-29H/t27-,28-,29-/m0/s1. The van der Waals surface area contributed by atoms with E-state index in [0.717, 1.165) is 21.3 Å². The van der Waals surface area contributed by atoms with Crippen LogP contribution in [0.5, 0.6) is 0 Å². The molecule has 0 aromatic heterocycles. The van der Waals surface area contributed by atoms with Gasteiger partial charge in [0, 0.05) is 37.8 Å². The van der Waals surface area contributed by atoms with Gasteiger partial charge < -0.3 is 4.90 Å². The molecule has 1 fully saturated rings. The van der Waals surface area contributed by atoms with Crippen molar-refractivity contribution in [3.8, 4) is 0 Å². The minimum Gasteiger partial charge on any atom is -0.352 e. The van der Waals surface area contributed by atoms with Crippen LogP contribution in [-0.4, -0.2) is 29.4 Å². The van der Waals surface area contributed by atoms with E-state index in [0.29, 0.717) is 21.7 Å². The molecule has 0 amide bonds. The average Bonchev–Trinajstić information content (AvgIpc) is 3.40. The van der Waals surface area contributed by atoms with E-state index in [-0.39, 0.29) is 17.3 Å². The summed E-state index contributed by atoms with van der Waals surface area (Å²) >= 11 is 9.67. The van der Waals surface area contributed by atoms with Gasteiger partial charge in [0.1, 0.15) is 11.5 Å². The Labute approximate surface area is 239 Å². The number of carbonyl (C=O) groups excluding carboxylic acids is 3. The summed E-state index contributed by atoms with van der Waals surface area (Å²) in [7, 11) is 0. The number of para-hydroxylation sites is 1. The molecule has 4 nitrogen and oxygen atoms in total. The molecule has 1 spiro atoms. The molecule has 1 saturated heterocycles. The normalized spacial score (nSPS) is 22.1. The summed E-state index contributed by atoms with van der Waals surface area (Å²) in [5.41, 5.74) is 2.32. The lowest BCUT2D eigenvalue weighted by Crippen LogP contribution is -2.48. The van der Waals surface area contributed by atoms with Crippen molar-refractivity contribution in [2.75, 3.05) is 4.90 Å². The quantitative estimate of drug-likeness (QED) is 0.183. The van der Waals surface area contributed by atoms with Crippen LogP contribution in [0.4, 0.5) is 5.69 Å². The molecule has 2 aliphatic heterocycles. The fourth-order valence-corrected chi connectivity index (χ4v) is 7.14. The molecule has 6 heteroatoms. The highest BCUT2D eigenvalue weighted by Crippen LogP contribution is 2.61. The maximum absolute atomic E-state index is 14.6. The van der Waals surface area contributed by atoms with E-state index in [1.54, 1.807) is 48.5 Å². The van der Waals surface area contributed by atoms with E-state index in [1.807, 2.05) is 65.6 Å². The van der Waals surface area contributed by atoms with Crippen LogP contribution in [0.25, 0.3) is 6.08 Å². The van der Waals surface area contributed by atoms with Crippen LogP contribution in [-0.2, 0) is 0 Å². The minimum absolute atomic E-state index is 0.164. The number of benzene rings is 4. The maximum Gasteiger partial charge on any atom is 0.185 e. The largest absolute Gasteiger partial charge is 0.352 e. The molecule has 4 aromatic carbocycles. The number of hydrogen-bond donors (Lipinski definition) is 0. The van der Waals surface area contributed by atoms with Gasteiger partial charge in [-0.25, -0.2) is 0 Å². The van der Waals surface area contributed by atoms with E-state index in [2.05, 4.69) is 15.9 Å². The summed E-state index contributed by atoms with van der Waals surface area (Å²) in [5, 5.41) is 0.527. The van der Waals surface area contributed by atoms with Gasteiger partial charge in [0.05, 0.1) is 6.04 Å².